The Morgan fingerprint density at radius 3 is 2.55 bits per heavy atom. The molecule has 1 aliphatic heterocycles. The molecule has 0 aliphatic carbocycles. The molecule has 1 aromatic carbocycles. The molecule has 0 spiro atoms. The van der Waals surface area contributed by atoms with Crippen LogP contribution in [0.4, 0.5) is 0 Å². The third kappa shape index (κ3) is 6.77. The van der Waals surface area contributed by atoms with Crippen LogP contribution in [-0.4, -0.2) is 45.6 Å². The van der Waals surface area contributed by atoms with Gasteiger partial charge in [-0.15, -0.1) is 0 Å². The highest BCUT2D eigenvalue weighted by molar-refractivity contribution is 6.74. The fourth-order valence-corrected chi connectivity index (χ4v) is 5.51. The molecular weight excluding hydrogens is 528 g/mol. The molecule has 1 fully saturated rings. The van der Waals surface area contributed by atoms with Crippen LogP contribution in [0.5, 0.6) is 0 Å². The highest BCUT2D eigenvalue weighted by Gasteiger charge is 2.42. The predicted octanol–water partition coefficient (Wildman–Crippen LogP) is 4.35. The summed E-state index contributed by atoms with van der Waals surface area (Å²) in [6.07, 6.45) is 5.80. The molecule has 11 heteroatoms. The van der Waals surface area contributed by atoms with E-state index >= 15 is 0 Å². The van der Waals surface area contributed by atoms with Crippen LogP contribution in [0.3, 0.4) is 0 Å². The number of aryl methyl sites for hydroxylation is 1. The van der Waals surface area contributed by atoms with Crippen LogP contribution in [0.1, 0.15) is 55.8 Å². The van der Waals surface area contributed by atoms with Crippen LogP contribution in [-0.2, 0) is 27.2 Å². The number of aromatic nitrogens is 4. The second-order valence-corrected chi connectivity index (χ2v) is 16.8. The number of hydrogen-bond acceptors (Lipinski definition) is 7. The summed E-state index contributed by atoms with van der Waals surface area (Å²) in [5.74, 6) is -0.293. The first-order valence-corrected chi connectivity index (χ1v) is 16.5. The van der Waals surface area contributed by atoms with Crippen molar-refractivity contribution in [3.8, 4) is 0 Å². The fraction of sp³-hybridized carbons (Fsp3) is 0.517. The maximum absolute atomic E-state index is 13.5. The molecule has 0 saturated carbocycles. The van der Waals surface area contributed by atoms with Crippen LogP contribution < -0.4 is 11.2 Å². The lowest BCUT2D eigenvalue weighted by molar-refractivity contribution is -0.0322. The van der Waals surface area contributed by atoms with E-state index in [0.29, 0.717) is 18.6 Å². The van der Waals surface area contributed by atoms with Crippen molar-refractivity contribution in [1.82, 2.24) is 18.7 Å². The number of benzene rings is 1. The van der Waals surface area contributed by atoms with Crippen molar-refractivity contribution in [2.75, 3.05) is 6.61 Å². The highest BCUT2D eigenvalue weighted by Crippen LogP contribution is 2.39. The summed E-state index contributed by atoms with van der Waals surface area (Å²) in [6, 6.07) is 9.56. The Labute approximate surface area is 235 Å². The lowest BCUT2D eigenvalue weighted by Crippen LogP contribution is -2.44. The molecule has 0 radical (unpaired) electrons. The molecule has 216 valence electrons. The monoisotopic (exact) mass is 568 g/mol. The van der Waals surface area contributed by atoms with Gasteiger partial charge in [-0.05, 0) is 37.0 Å². The van der Waals surface area contributed by atoms with Crippen LogP contribution in [0, 0.1) is 12.8 Å². The number of carbonyl (C=O) groups is 1. The SMILES string of the molecule is Cc1cn([C@H]2C[C@H](CC(=O)n3ccnc3)[C@@H](CO[Si](C)(C)C(C)(C)C)O2)c(=O)n(COCc2ccccc2)c1=O. The van der Waals surface area contributed by atoms with Gasteiger partial charge < -0.3 is 13.9 Å². The first-order chi connectivity index (χ1) is 18.9. The van der Waals surface area contributed by atoms with E-state index in [1.807, 2.05) is 30.3 Å². The zero-order valence-electron chi connectivity index (χ0n) is 24.2. The van der Waals surface area contributed by atoms with Crippen LogP contribution in [0.15, 0.2) is 64.8 Å². The summed E-state index contributed by atoms with van der Waals surface area (Å²) >= 11 is 0. The third-order valence-electron chi connectivity index (χ3n) is 8.02. The molecule has 10 nitrogen and oxygen atoms in total. The molecule has 3 atom stereocenters. The number of rotatable bonds is 10. The van der Waals surface area contributed by atoms with Gasteiger partial charge in [-0.2, -0.15) is 0 Å². The van der Waals surface area contributed by atoms with Crippen molar-refractivity contribution in [2.24, 2.45) is 5.92 Å². The summed E-state index contributed by atoms with van der Waals surface area (Å²) in [7, 11) is -2.09. The van der Waals surface area contributed by atoms with Crippen LogP contribution in [0.2, 0.25) is 18.1 Å². The van der Waals surface area contributed by atoms with E-state index in [1.54, 1.807) is 19.3 Å². The van der Waals surface area contributed by atoms with E-state index in [4.69, 9.17) is 13.9 Å². The molecule has 3 heterocycles. The van der Waals surface area contributed by atoms with Gasteiger partial charge in [0.15, 0.2) is 8.32 Å². The Kier molecular flexibility index (Phi) is 9.08. The van der Waals surface area contributed by atoms with Gasteiger partial charge in [0, 0.05) is 36.5 Å². The lowest BCUT2D eigenvalue weighted by atomic mass is 9.96. The predicted molar refractivity (Wildman–Crippen MR) is 154 cm³/mol. The molecule has 0 unspecified atom stereocenters. The number of imidazole rings is 1. The van der Waals surface area contributed by atoms with E-state index in [0.717, 1.165) is 10.1 Å². The van der Waals surface area contributed by atoms with Gasteiger partial charge >= 0.3 is 5.69 Å². The summed E-state index contributed by atoms with van der Waals surface area (Å²) in [6.45, 7) is 12.9. The minimum atomic E-state index is -2.09. The summed E-state index contributed by atoms with van der Waals surface area (Å²) in [5, 5.41) is 0.0103. The highest BCUT2D eigenvalue weighted by atomic mass is 28.4. The summed E-state index contributed by atoms with van der Waals surface area (Å²) < 4.78 is 22.6. The Bertz CT molecular complexity index is 1410. The maximum Gasteiger partial charge on any atom is 0.335 e. The molecule has 0 amide bonds. The van der Waals surface area contributed by atoms with Gasteiger partial charge in [0.25, 0.3) is 5.56 Å². The second kappa shape index (κ2) is 12.2. The third-order valence-corrected chi connectivity index (χ3v) is 12.5. The molecule has 4 rings (SSSR count). The van der Waals surface area contributed by atoms with Crippen molar-refractivity contribution >= 4 is 14.2 Å². The molecule has 40 heavy (non-hydrogen) atoms. The van der Waals surface area contributed by atoms with E-state index in [-0.39, 0.29) is 36.6 Å². The topological polar surface area (TPSA) is 107 Å². The van der Waals surface area contributed by atoms with Crippen LogP contribution in [0.25, 0.3) is 0 Å². The average molecular weight is 569 g/mol. The van der Waals surface area contributed by atoms with Gasteiger partial charge in [0.1, 0.15) is 19.3 Å². The van der Waals surface area contributed by atoms with Crippen molar-refractivity contribution in [3.05, 3.63) is 87.2 Å². The Hall–Kier alpha value is -3.12. The van der Waals surface area contributed by atoms with Crippen molar-refractivity contribution < 1.29 is 18.7 Å². The number of carbonyl (C=O) groups excluding carboxylic acids is 1. The molecule has 0 N–H and O–H groups in total. The summed E-state index contributed by atoms with van der Waals surface area (Å²) in [4.78, 5) is 43.3. The zero-order chi connectivity index (χ0) is 29.1. The van der Waals surface area contributed by atoms with Gasteiger partial charge in [-0.1, -0.05) is 51.1 Å². The van der Waals surface area contributed by atoms with Crippen molar-refractivity contribution in [3.63, 3.8) is 0 Å². The molecule has 1 saturated heterocycles. The molecular formula is C29H40N4O6Si. The second-order valence-electron chi connectivity index (χ2n) is 12.0. The van der Waals surface area contributed by atoms with E-state index in [2.05, 4.69) is 38.8 Å². The first-order valence-electron chi connectivity index (χ1n) is 13.6. The zero-order valence-corrected chi connectivity index (χ0v) is 25.2. The molecule has 1 aliphatic rings. The van der Waals surface area contributed by atoms with Crippen LogP contribution >= 0.6 is 0 Å². The normalized spacial score (nSPS) is 19.7. The van der Waals surface area contributed by atoms with Crippen molar-refractivity contribution in [2.45, 2.75) is 84.3 Å². The maximum atomic E-state index is 13.5. The number of hydrogen-bond donors (Lipinski definition) is 0. The minimum absolute atomic E-state index is 0.0103. The van der Waals surface area contributed by atoms with Gasteiger partial charge in [0.05, 0.1) is 19.3 Å². The average Bonchev–Trinajstić information content (AvgIpc) is 3.58. The Morgan fingerprint density at radius 2 is 1.90 bits per heavy atom. The van der Waals surface area contributed by atoms with Gasteiger partial charge in [-0.3, -0.25) is 18.7 Å². The smallest absolute Gasteiger partial charge is 0.335 e. The van der Waals surface area contributed by atoms with E-state index < -0.39 is 31.9 Å². The number of nitrogens with zero attached hydrogens (tertiary/aromatic N) is 4. The molecule has 0 bridgehead atoms. The number of ether oxygens (including phenoxy) is 2. The fourth-order valence-electron chi connectivity index (χ4n) is 4.50. The first kappa shape index (κ1) is 29.8. The van der Waals surface area contributed by atoms with Gasteiger partial charge in [-0.25, -0.2) is 14.3 Å². The van der Waals surface area contributed by atoms with E-state index in [9.17, 15) is 14.4 Å². The quantitative estimate of drug-likeness (QED) is 0.335. The Balaban J connectivity index is 1.56. The summed E-state index contributed by atoms with van der Waals surface area (Å²) in [5.41, 5.74) is 0.424. The lowest BCUT2D eigenvalue weighted by Gasteiger charge is -2.37. The van der Waals surface area contributed by atoms with Crippen molar-refractivity contribution in [1.29, 1.82) is 0 Å². The largest absolute Gasteiger partial charge is 0.414 e. The molecule has 2 aromatic heterocycles. The Morgan fingerprint density at radius 1 is 1.18 bits per heavy atom. The standard InChI is InChI=1S/C29H40N4O6Si/c1-21-16-32(28(36)33(27(21)35)20-37-17-22-10-8-7-9-11-22)26-15-23(14-25(34)31-13-12-30-19-31)24(39-26)18-38-40(5,6)29(2,3)4/h7-13,16,19,23-24,26H,14-15,17-18,20H2,1-6H3/t23-,24+,26+/m0/s1. The molecule has 3 aromatic rings. The minimum Gasteiger partial charge on any atom is -0.414 e. The van der Waals surface area contributed by atoms with E-state index in [1.165, 1.54) is 21.7 Å². The van der Waals surface area contributed by atoms with Gasteiger partial charge in [0.2, 0.25) is 5.91 Å².